The van der Waals surface area contributed by atoms with Crippen LogP contribution in [0.25, 0.3) is 0 Å². The smallest absolute Gasteiger partial charge is 0.0281 e. The van der Waals surface area contributed by atoms with E-state index < -0.39 is 0 Å². The summed E-state index contributed by atoms with van der Waals surface area (Å²) in [5.74, 6) is 0. The molecule has 0 aromatic rings. The fourth-order valence-electron chi connectivity index (χ4n) is 0.819. The molecule has 0 radical (unpaired) electrons. The molecule has 0 aliphatic heterocycles. The van der Waals surface area contributed by atoms with Gasteiger partial charge in [-0.3, -0.25) is 0 Å². The molecular weight excluding hydrogens is 156 g/mol. The molecule has 0 rings (SSSR count). The molecule has 0 spiro atoms. The van der Waals surface area contributed by atoms with Crippen molar-refractivity contribution in [3.8, 4) is 0 Å². The van der Waals surface area contributed by atoms with E-state index in [1.54, 1.807) is 6.08 Å². The van der Waals surface area contributed by atoms with E-state index in [4.69, 9.17) is 0 Å². The van der Waals surface area contributed by atoms with Gasteiger partial charge in [-0.2, -0.15) is 0 Å². The van der Waals surface area contributed by atoms with Crippen molar-refractivity contribution in [2.24, 2.45) is 0 Å². The van der Waals surface area contributed by atoms with Crippen LogP contribution in [-0.2, 0) is 0 Å². The summed E-state index contributed by atoms with van der Waals surface area (Å²) in [4.78, 5) is 0. The maximum absolute atomic E-state index is 3.80. The van der Waals surface area contributed by atoms with E-state index in [0.29, 0.717) is 0 Å². The van der Waals surface area contributed by atoms with Gasteiger partial charge in [0.2, 0.25) is 0 Å². The van der Waals surface area contributed by atoms with E-state index in [2.05, 4.69) is 26.7 Å². The largest absolute Gasteiger partial charge is 0.0988 e. The van der Waals surface area contributed by atoms with Crippen LogP contribution in [0.4, 0.5) is 0 Å². The summed E-state index contributed by atoms with van der Waals surface area (Å²) in [6.07, 6.45) is 7.85. The lowest BCUT2D eigenvalue weighted by molar-refractivity contribution is 0.926. The van der Waals surface area contributed by atoms with Gasteiger partial charge >= 0.3 is 0 Å². The molecule has 74 valence electrons. The molecule has 0 aromatic carbocycles. The number of hydrogen-bond acceptors (Lipinski definition) is 0. The van der Waals surface area contributed by atoms with Gasteiger partial charge in [0.05, 0.1) is 0 Å². The highest BCUT2D eigenvalue weighted by Gasteiger charge is 1.88. The predicted molar refractivity (Wildman–Crippen MR) is 63.9 cm³/mol. The van der Waals surface area contributed by atoms with E-state index in [0.717, 1.165) is 18.4 Å². The van der Waals surface area contributed by atoms with Crippen LogP contribution in [0.5, 0.6) is 0 Å². The molecule has 0 nitrogen and oxygen atoms in total. The van der Waals surface area contributed by atoms with E-state index in [9.17, 15) is 0 Å². The minimum atomic E-state index is 0.952. The van der Waals surface area contributed by atoms with E-state index in [1.807, 2.05) is 26.0 Å². The molecule has 0 aliphatic carbocycles. The first-order valence-corrected chi connectivity index (χ1v) is 4.89. The molecular formula is C13H22. The van der Waals surface area contributed by atoms with Crippen molar-refractivity contribution >= 4 is 0 Å². The SMILES string of the molecule is C=CC(=C)/C=C(\C=C)CCC.CC. The van der Waals surface area contributed by atoms with Gasteiger partial charge in [-0.05, 0) is 17.6 Å². The third-order valence-electron chi connectivity index (χ3n) is 1.43. The number of rotatable bonds is 5. The summed E-state index contributed by atoms with van der Waals surface area (Å²) in [6, 6.07) is 0. The molecule has 0 aliphatic rings. The Hall–Kier alpha value is -1.04. The van der Waals surface area contributed by atoms with Crippen molar-refractivity contribution in [3.05, 3.63) is 49.1 Å². The van der Waals surface area contributed by atoms with Gasteiger partial charge in [-0.15, -0.1) is 0 Å². The Kier molecular flexibility index (Phi) is 12.2. The topological polar surface area (TPSA) is 0 Å². The van der Waals surface area contributed by atoms with Crippen molar-refractivity contribution in [2.75, 3.05) is 0 Å². The maximum atomic E-state index is 3.80. The summed E-state index contributed by atoms with van der Waals surface area (Å²) < 4.78 is 0. The summed E-state index contributed by atoms with van der Waals surface area (Å²) in [5.41, 5.74) is 2.19. The average molecular weight is 178 g/mol. The Morgan fingerprint density at radius 2 is 1.69 bits per heavy atom. The van der Waals surface area contributed by atoms with Crippen LogP contribution >= 0.6 is 0 Å². The van der Waals surface area contributed by atoms with Crippen molar-refractivity contribution in [2.45, 2.75) is 33.6 Å². The third-order valence-corrected chi connectivity index (χ3v) is 1.43. The normalized spacial score (nSPS) is 9.62. The van der Waals surface area contributed by atoms with Gasteiger partial charge in [-0.1, -0.05) is 65.2 Å². The minimum Gasteiger partial charge on any atom is -0.0988 e. The van der Waals surface area contributed by atoms with Crippen molar-refractivity contribution < 1.29 is 0 Å². The number of allylic oxidation sites excluding steroid dienone is 5. The molecule has 0 heteroatoms. The molecule has 0 saturated carbocycles. The third kappa shape index (κ3) is 8.87. The van der Waals surface area contributed by atoms with E-state index >= 15 is 0 Å². The molecule has 0 fully saturated rings. The van der Waals surface area contributed by atoms with Crippen LogP contribution < -0.4 is 0 Å². The van der Waals surface area contributed by atoms with Gasteiger partial charge in [0, 0.05) is 0 Å². The van der Waals surface area contributed by atoms with Crippen LogP contribution in [-0.4, -0.2) is 0 Å². The molecule has 13 heavy (non-hydrogen) atoms. The van der Waals surface area contributed by atoms with Crippen LogP contribution in [0.1, 0.15) is 33.6 Å². The zero-order chi connectivity index (χ0) is 10.7. The second-order valence-electron chi connectivity index (χ2n) is 2.45. The zero-order valence-electron chi connectivity index (χ0n) is 9.27. The monoisotopic (exact) mass is 178 g/mol. The van der Waals surface area contributed by atoms with Gasteiger partial charge in [-0.25, -0.2) is 0 Å². The molecule has 0 amide bonds. The molecule has 0 N–H and O–H groups in total. The highest BCUT2D eigenvalue weighted by molar-refractivity contribution is 5.33. The lowest BCUT2D eigenvalue weighted by Gasteiger charge is -1.97. The summed E-state index contributed by atoms with van der Waals surface area (Å²) in [7, 11) is 0. The predicted octanol–water partition coefficient (Wildman–Crippen LogP) is 4.67. The Morgan fingerprint density at radius 3 is 2.00 bits per heavy atom. The Morgan fingerprint density at radius 1 is 1.15 bits per heavy atom. The van der Waals surface area contributed by atoms with Gasteiger partial charge in [0.1, 0.15) is 0 Å². The van der Waals surface area contributed by atoms with Crippen molar-refractivity contribution in [1.29, 1.82) is 0 Å². The Labute approximate surface area is 83.4 Å². The fraction of sp³-hybridized carbons (Fsp3) is 0.385. The first-order chi connectivity index (χ1) is 6.24. The summed E-state index contributed by atoms with van der Waals surface area (Å²) >= 11 is 0. The maximum Gasteiger partial charge on any atom is -0.0281 e. The lowest BCUT2D eigenvalue weighted by Crippen LogP contribution is -1.77. The molecule has 0 saturated heterocycles. The lowest BCUT2D eigenvalue weighted by atomic mass is 10.1. The van der Waals surface area contributed by atoms with Crippen LogP contribution in [0.3, 0.4) is 0 Å². The quantitative estimate of drug-likeness (QED) is 0.537. The first kappa shape index (κ1) is 14.5. The Bertz CT molecular complexity index is 182. The highest BCUT2D eigenvalue weighted by Crippen LogP contribution is 2.08. The van der Waals surface area contributed by atoms with E-state index in [1.165, 1.54) is 5.57 Å². The minimum absolute atomic E-state index is 0.952. The highest BCUT2D eigenvalue weighted by atomic mass is 13.9. The average Bonchev–Trinajstić information content (AvgIpc) is 2.20. The van der Waals surface area contributed by atoms with Crippen molar-refractivity contribution in [3.63, 3.8) is 0 Å². The second-order valence-corrected chi connectivity index (χ2v) is 2.45. The van der Waals surface area contributed by atoms with Crippen LogP contribution in [0.2, 0.25) is 0 Å². The van der Waals surface area contributed by atoms with Crippen LogP contribution in [0.15, 0.2) is 49.1 Å². The summed E-state index contributed by atoms with van der Waals surface area (Å²) in [5, 5.41) is 0. The first-order valence-electron chi connectivity index (χ1n) is 4.89. The van der Waals surface area contributed by atoms with Crippen LogP contribution in [0, 0.1) is 0 Å². The molecule has 0 heterocycles. The molecule has 0 atom stereocenters. The van der Waals surface area contributed by atoms with Gasteiger partial charge in [0.15, 0.2) is 0 Å². The second kappa shape index (κ2) is 11.0. The Balaban J connectivity index is 0. The number of hydrogen-bond donors (Lipinski definition) is 0. The van der Waals surface area contributed by atoms with Gasteiger partial charge in [0.25, 0.3) is 0 Å². The van der Waals surface area contributed by atoms with Crippen molar-refractivity contribution in [1.82, 2.24) is 0 Å². The fourth-order valence-corrected chi connectivity index (χ4v) is 0.819. The van der Waals surface area contributed by atoms with E-state index in [-0.39, 0.29) is 0 Å². The zero-order valence-corrected chi connectivity index (χ0v) is 9.27. The standard InChI is InChI=1S/C11H16.C2H6/c1-5-8-11(7-3)9-10(4)6-2;1-2/h6-7,9H,2-5,8H2,1H3;1-2H3/b11-9+;. The molecule has 0 bridgehead atoms. The molecule has 0 unspecified atom stereocenters. The summed E-state index contributed by atoms with van der Waals surface area (Å²) in [6.45, 7) is 17.3. The molecule has 0 aromatic heterocycles. The van der Waals surface area contributed by atoms with Gasteiger partial charge < -0.3 is 0 Å².